The molecule has 0 heterocycles. The van der Waals surface area contributed by atoms with Crippen molar-refractivity contribution < 1.29 is 10.1 Å². The van der Waals surface area contributed by atoms with Gasteiger partial charge in [0.05, 0.1) is 10.6 Å². The minimum absolute atomic E-state index is 0.0134. The molecule has 68 valence electrons. The Bertz CT molecular complexity index is 360. The molecule has 0 spiro atoms. The van der Waals surface area contributed by atoms with Crippen LogP contribution in [0.3, 0.4) is 0 Å². The third kappa shape index (κ3) is 2.02. The van der Waals surface area contributed by atoms with E-state index in [1.807, 2.05) is 0 Å². The Labute approximate surface area is 74.5 Å². The minimum atomic E-state index is -0.492. The maximum absolute atomic E-state index is 10.4. The van der Waals surface area contributed by atoms with Crippen LogP contribution in [0.5, 0.6) is 0 Å². The average Bonchev–Trinajstić information content (AvgIpc) is 2.17. The molecule has 0 saturated heterocycles. The molecular formula is C8H8N2O3. The molecule has 13 heavy (non-hydrogen) atoms. The lowest BCUT2D eigenvalue weighted by Gasteiger charge is -1.97. The molecule has 0 radical (unpaired) electrons. The van der Waals surface area contributed by atoms with Crippen molar-refractivity contribution >= 4 is 11.4 Å². The largest absolute Gasteiger partial charge is 0.411 e. The fourth-order valence-electron chi connectivity index (χ4n) is 0.902. The van der Waals surface area contributed by atoms with Gasteiger partial charge in [-0.25, -0.2) is 0 Å². The summed E-state index contributed by atoms with van der Waals surface area (Å²) >= 11 is 0. The first-order valence-corrected chi connectivity index (χ1v) is 3.58. The Morgan fingerprint density at radius 1 is 1.62 bits per heavy atom. The first-order chi connectivity index (χ1) is 6.15. The number of hydrogen-bond donors (Lipinski definition) is 1. The van der Waals surface area contributed by atoms with Gasteiger partial charge in [-0.1, -0.05) is 17.3 Å². The molecule has 0 aliphatic heterocycles. The molecule has 0 saturated carbocycles. The van der Waals surface area contributed by atoms with Crippen molar-refractivity contribution in [1.29, 1.82) is 0 Å². The highest BCUT2D eigenvalue weighted by atomic mass is 16.6. The van der Waals surface area contributed by atoms with Crippen molar-refractivity contribution in [2.24, 2.45) is 5.16 Å². The smallest absolute Gasteiger partial charge is 0.270 e. The molecule has 1 rings (SSSR count). The molecule has 0 aliphatic carbocycles. The minimum Gasteiger partial charge on any atom is -0.411 e. The molecule has 0 atom stereocenters. The number of hydrogen-bond acceptors (Lipinski definition) is 4. The van der Waals surface area contributed by atoms with Gasteiger partial charge in [0.25, 0.3) is 5.69 Å². The predicted molar refractivity (Wildman–Crippen MR) is 47.1 cm³/mol. The van der Waals surface area contributed by atoms with Gasteiger partial charge < -0.3 is 5.21 Å². The average molecular weight is 180 g/mol. The van der Waals surface area contributed by atoms with Crippen LogP contribution in [0.15, 0.2) is 29.4 Å². The Morgan fingerprint density at radius 3 is 2.85 bits per heavy atom. The number of benzene rings is 1. The molecule has 5 heteroatoms. The third-order valence-corrected chi connectivity index (χ3v) is 1.62. The summed E-state index contributed by atoms with van der Waals surface area (Å²) in [6.45, 7) is 1.57. The lowest BCUT2D eigenvalue weighted by molar-refractivity contribution is -0.384. The Kier molecular flexibility index (Phi) is 2.59. The lowest BCUT2D eigenvalue weighted by atomic mass is 10.1. The van der Waals surface area contributed by atoms with Gasteiger partial charge in [-0.05, 0) is 6.92 Å². The summed E-state index contributed by atoms with van der Waals surface area (Å²) in [5.41, 5.74) is 0.876. The Hall–Kier alpha value is -1.91. The van der Waals surface area contributed by atoms with Gasteiger partial charge in [-0.3, -0.25) is 10.1 Å². The maximum Gasteiger partial charge on any atom is 0.270 e. The van der Waals surface area contributed by atoms with E-state index in [-0.39, 0.29) is 5.69 Å². The molecule has 5 nitrogen and oxygen atoms in total. The van der Waals surface area contributed by atoms with E-state index in [1.165, 1.54) is 12.1 Å². The fraction of sp³-hybridized carbons (Fsp3) is 0.125. The number of oxime groups is 1. The number of rotatable bonds is 2. The molecule has 0 aliphatic rings. The Balaban J connectivity index is 3.13. The van der Waals surface area contributed by atoms with Crippen LogP contribution >= 0.6 is 0 Å². The summed E-state index contributed by atoms with van der Waals surface area (Å²) in [4.78, 5) is 9.88. The summed E-state index contributed by atoms with van der Waals surface area (Å²) in [7, 11) is 0. The standard InChI is InChI=1S/C8H8N2O3/c1-6(9-11)7-3-2-4-8(5-7)10(12)13/h2-5,11H,1H3. The molecule has 0 amide bonds. The van der Waals surface area contributed by atoms with E-state index in [2.05, 4.69) is 5.16 Å². The Morgan fingerprint density at radius 2 is 2.31 bits per heavy atom. The topological polar surface area (TPSA) is 75.7 Å². The molecule has 1 aromatic rings. The molecular weight excluding hydrogens is 172 g/mol. The molecule has 1 aromatic carbocycles. The van der Waals surface area contributed by atoms with Crippen molar-refractivity contribution in [3.05, 3.63) is 39.9 Å². The van der Waals surface area contributed by atoms with Gasteiger partial charge in [-0.2, -0.15) is 0 Å². The van der Waals surface area contributed by atoms with Crippen LogP contribution in [0.4, 0.5) is 5.69 Å². The van der Waals surface area contributed by atoms with Crippen molar-refractivity contribution in [1.82, 2.24) is 0 Å². The highest BCUT2D eigenvalue weighted by Crippen LogP contribution is 2.13. The fourth-order valence-corrected chi connectivity index (χ4v) is 0.902. The zero-order valence-electron chi connectivity index (χ0n) is 6.97. The van der Waals surface area contributed by atoms with E-state index < -0.39 is 4.92 Å². The highest BCUT2D eigenvalue weighted by molar-refractivity contribution is 5.98. The number of nitrogens with zero attached hydrogens (tertiary/aromatic N) is 2. The second-order valence-corrected chi connectivity index (χ2v) is 2.49. The van der Waals surface area contributed by atoms with Crippen LogP contribution < -0.4 is 0 Å². The van der Waals surface area contributed by atoms with Crippen LogP contribution in [-0.2, 0) is 0 Å². The van der Waals surface area contributed by atoms with Crippen molar-refractivity contribution in [2.45, 2.75) is 6.92 Å². The summed E-state index contributed by atoms with van der Waals surface area (Å²) in [5, 5.41) is 21.8. The van der Waals surface area contributed by atoms with Gasteiger partial charge in [0.1, 0.15) is 0 Å². The van der Waals surface area contributed by atoms with Crippen LogP contribution in [0.25, 0.3) is 0 Å². The van der Waals surface area contributed by atoms with Gasteiger partial charge in [0.2, 0.25) is 0 Å². The van der Waals surface area contributed by atoms with Gasteiger partial charge in [-0.15, -0.1) is 0 Å². The monoisotopic (exact) mass is 180 g/mol. The summed E-state index contributed by atoms with van der Waals surface area (Å²) in [5.74, 6) is 0. The number of nitro groups is 1. The van der Waals surface area contributed by atoms with Crippen molar-refractivity contribution in [2.75, 3.05) is 0 Å². The second kappa shape index (κ2) is 3.66. The van der Waals surface area contributed by atoms with Crippen LogP contribution in [0.2, 0.25) is 0 Å². The van der Waals surface area contributed by atoms with Gasteiger partial charge in [0, 0.05) is 17.7 Å². The number of nitro benzene ring substituents is 1. The first kappa shape index (κ1) is 9.18. The van der Waals surface area contributed by atoms with Crippen LogP contribution in [-0.4, -0.2) is 15.8 Å². The van der Waals surface area contributed by atoms with E-state index in [4.69, 9.17) is 5.21 Å². The highest BCUT2D eigenvalue weighted by Gasteiger charge is 2.06. The predicted octanol–water partition coefficient (Wildman–Crippen LogP) is 1.79. The van der Waals surface area contributed by atoms with Crippen molar-refractivity contribution in [3.8, 4) is 0 Å². The van der Waals surface area contributed by atoms with E-state index in [0.717, 1.165) is 0 Å². The maximum atomic E-state index is 10.4. The zero-order chi connectivity index (χ0) is 9.84. The molecule has 1 N–H and O–H groups in total. The normalized spacial score (nSPS) is 11.3. The molecule has 0 unspecified atom stereocenters. The second-order valence-electron chi connectivity index (χ2n) is 2.49. The van der Waals surface area contributed by atoms with E-state index >= 15 is 0 Å². The third-order valence-electron chi connectivity index (χ3n) is 1.62. The molecule has 0 aromatic heterocycles. The lowest BCUT2D eigenvalue weighted by Crippen LogP contribution is -1.96. The summed E-state index contributed by atoms with van der Waals surface area (Å²) < 4.78 is 0. The van der Waals surface area contributed by atoms with E-state index in [1.54, 1.807) is 19.1 Å². The van der Waals surface area contributed by atoms with Crippen molar-refractivity contribution in [3.63, 3.8) is 0 Å². The van der Waals surface area contributed by atoms with E-state index in [0.29, 0.717) is 11.3 Å². The van der Waals surface area contributed by atoms with Gasteiger partial charge in [0.15, 0.2) is 0 Å². The molecule has 0 bridgehead atoms. The van der Waals surface area contributed by atoms with Crippen LogP contribution in [0.1, 0.15) is 12.5 Å². The van der Waals surface area contributed by atoms with E-state index in [9.17, 15) is 10.1 Å². The SMILES string of the molecule is CC(=NO)c1cccc([N+](=O)[O-])c1. The summed E-state index contributed by atoms with van der Waals surface area (Å²) in [6.07, 6.45) is 0. The van der Waals surface area contributed by atoms with Gasteiger partial charge >= 0.3 is 0 Å². The quantitative estimate of drug-likeness (QED) is 0.326. The van der Waals surface area contributed by atoms with Crippen LogP contribution in [0, 0.1) is 10.1 Å². The number of non-ortho nitro benzene ring substituents is 1. The molecule has 0 fully saturated rings. The first-order valence-electron chi connectivity index (χ1n) is 3.58. The zero-order valence-corrected chi connectivity index (χ0v) is 6.97. The summed E-state index contributed by atoms with van der Waals surface area (Å²) in [6, 6.07) is 5.92.